The molecule has 0 atom stereocenters. The topological polar surface area (TPSA) is 38.9 Å². The highest BCUT2D eigenvalue weighted by Crippen LogP contribution is 2.45. The van der Waals surface area contributed by atoms with Gasteiger partial charge in [0.25, 0.3) is 0 Å². The Morgan fingerprint density at radius 1 is 0.438 bits per heavy atom. The summed E-state index contributed by atoms with van der Waals surface area (Å²) < 4.78 is 8.99. The van der Waals surface area contributed by atoms with Crippen LogP contribution < -0.4 is 0 Å². The summed E-state index contributed by atoms with van der Waals surface area (Å²) >= 11 is 1.88. The van der Waals surface area contributed by atoms with Gasteiger partial charge in [-0.25, -0.2) is 9.97 Å². The Kier molecular flexibility index (Phi) is 5.26. The van der Waals surface area contributed by atoms with Gasteiger partial charge in [-0.2, -0.15) is 0 Å². The van der Waals surface area contributed by atoms with Crippen LogP contribution in [0.25, 0.3) is 108 Å². The summed E-state index contributed by atoms with van der Waals surface area (Å²) in [5.41, 5.74) is 8.64. The maximum atomic E-state index is 6.35. The van der Waals surface area contributed by atoms with Gasteiger partial charge in [-0.05, 0) is 68.6 Å². The lowest BCUT2D eigenvalue weighted by Gasteiger charge is -2.10. The first kappa shape index (κ1) is 26.0. The average molecular weight is 629 g/mol. The van der Waals surface area contributed by atoms with Crippen molar-refractivity contribution in [3.05, 3.63) is 146 Å². The Balaban J connectivity index is 1.12. The van der Waals surface area contributed by atoms with Crippen molar-refractivity contribution >= 4 is 97.1 Å². The van der Waals surface area contributed by atoms with E-state index in [0.29, 0.717) is 5.71 Å². The molecular formula is C44H24N2OS. The van der Waals surface area contributed by atoms with E-state index in [4.69, 9.17) is 14.4 Å². The number of benzene rings is 8. The summed E-state index contributed by atoms with van der Waals surface area (Å²) in [7, 11) is 0. The fraction of sp³-hybridized carbons (Fsp3) is 0. The van der Waals surface area contributed by atoms with Gasteiger partial charge < -0.3 is 4.42 Å². The molecule has 3 heterocycles. The van der Waals surface area contributed by atoms with Gasteiger partial charge in [0.2, 0.25) is 5.71 Å². The van der Waals surface area contributed by atoms with Gasteiger partial charge in [0.05, 0.1) is 5.52 Å². The van der Waals surface area contributed by atoms with Crippen molar-refractivity contribution in [2.24, 2.45) is 0 Å². The fourth-order valence-corrected chi connectivity index (χ4v) is 8.89. The number of rotatable bonds is 2. The van der Waals surface area contributed by atoms with Crippen LogP contribution in [0.2, 0.25) is 0 Å². The molecule has 0 saturated heterocycles. The van der Waals surface area contributed by atoms with E-state index in [9.17, 15) is 0 Å². The SMILES string of the molecule is c1cc(-c2ccc3oc4nc5c6ccccc6c6ccccc6c5nc4c3c2)cc(-c2cc3ccccc3c3c2sc2ccccc23)c1. The molecule has 0 amide bonds. The lowest BCUT2D eigenvalue weighted by Crippen LogP contribution is -1.89. The van der Waals surface area contributed by atoms with Gasteiger partial charge in [0.15, 0.2) is 0 Å². The molecule has 11 aromatic rings. The maximum absolute atomic E-state index is 6.35. The first-order valence-corrected chi connectivity index (χ1v) is 17.0. The zero-order chi connectivity index (χ0) is 31.3. The minimum absolute atomic E-state index is 0.562. The minimum atomic E-state index is 0.562. The molecular weight excluding hydrogens is 605 g/mol. The Labute approximate surface area is 278 Å². The van der Waals surface area contributed by atoms with Crippen LogP contribution in [0.15, 0.2) is 150 Å². The monoisotopic (exact) mass is 628 g/mol. The van der Waals surface area contributed by atoms with Crippen LogP contribution in [0.3, 0.4) is 0 Å². The van der Waals surface area contributed by atoms with Gasteiger partial charge in [0, 0.05) is 41.9 Å². The second-order valence-corrected chi connectivity index (χ2v) is 13.6. The fourth-order valence-electron chi connectivity index (χ4n) is 7.63. The Bertz CT molecular complexity index is 3130. The summed E-state index contributed by atoms with van der Waals surface area (Å²) in [6.07, 6.45) is 0. The van der Waals surface area contributed by atoms with E-state index in [2.05, 4.69) is 146 Å². The molecule has 3 nitrogen and oxygen atoms in total. The van der Waals surface area contributed by atoms with Gasteiger partial charge in [-0.15, -0.1) is 11.3 Å². The van der Waals surface area contributed by atoms with E-state index in [1.807, 2.05) is 11.3 Å². The second kappa shape index (κ2) is 9.71. The van der Waals surface area contributed by atoms with E-state index in [-0.39, 0.29) is 0 Å². The quantitative estimate of drug-likeness (QED) is 0.179. The molecule has 11 rings (SSSR count). The van der Waals surface area contributed by atoms with E-state index >= 15 is 0 Å². The number of hydrogen-bond donors (Lipinski definition) is 0. The van der Waals surface area contributed by atoms with Crippen molar-refractivity contribution in [2.45, 2.75) is 0 Å². The first-order valence-electron chi connectivity index (χ1n) is 16.2. The third-order valence-corrected chi connectivity index (χ3v) is 11.0. The molecule has 48 heavy (non-hydrogen) atoms. The molecule has 0 unspecified atom stereocenters. The number of hydrogen-bond acceptors (Lipinski definition) is 4. The molecule has 0 spiro atoms. The van der Waals surface area contributed by atoms with Crippen molar-refractivity contribution in [3.63, 3.8) is 0 Å². The molecule has 222 valence electrons. The number of aromatic nitrogens is 2. The van der Waals surface area contributed by atoms with Gasteiger partial charge in [-0.3, -0.25) is 0 Å². The third kappa shape index (κ3) is 3.63. The second-order valence-electron chi connectivity index (χ2n) is 12.5. The summed E-state index contributed by atoms with van der Waals surface area (Å²) in [4.78, 5) is 10.4. The number of fused-ring (bicyclic) bond motifs is 14. The Morgan fingerprint density at radius 2 is 1.08 bits per heavy atom. The molecule has 3 aromatic heterocycles. The highest BCUT2D eigenvalue weighted by molar-refractivity contribution is 7.26. The highest BCUT2D eigenvalue weighted by Gasteiger charge is 2.18. The number of furan rings is 1. The normalized spacial score (nSPS) is 12.2. The Morgan fingerprint density at radius 3 is 1.90 bits per heavy atom. The zero-order valence-corrected chi connectivity index (χ0v) is 26.4. The molecule has 0 aliphatic carbocycles. The highest BCUT2D eigenvalue weighted by atomic mass is 32.1. The molecule has 0 radical (unpaired) electrons. The molecule has 0 fully saturated rings. The minimum Gasteiger partial charge on any atom is -0.436 e. The summed E-state index contributed by atoms with van der Waals surface area (Å²) in [5.74, 6) is 0. The lowest BCUT2D eigenvalue weighted by molar-refractivity contribution is 0.655. The van der Waals surface area contributed by atoms with E-state index in [0.717, 1.165) is 49.4 Å². The van der Waals surface area contributed by atoms with Crippen molar-refractivity contribution in [2.75, 3.05) is 0 Å². The van der Waals surface area contributed by atoms with Crippen molar-refractivity contribution in [1.82, 2.24) is 9.97 Å². The number of thiophene rings is 1. The van der Waals surface area contributed by atoms with Crippen LogP contribution in [0.4, 0.5) is 0 Å². The maximum Gasteiger partial charge on any atom is 0.246 e. The first-order chi connectivity index (χ1) is 23.8. The van der Waals surface area contributed by atoms with Crippen LogP contribution in [0.1, 0.15) is 0 Å². The average Bonchev–Trinajstić information content (AvgIpc) is 3.72. The molecule has 0 N–H and O–H groups in total. The molecule has 8 aromatic carbocycles. The standard InChI is InChI=1S/C44H24N2OS/c1-2-13-29-28(10-1)24-35(43-39(29)34-18-7-8-19-38(34)48-43)27-12-9-11-25(22-27)26-20-21-37-36(23-26)42-44(47-37)46-41-33-17-6-4-15-31(33)30-14-3-5-16-32(30)40(41)45-42/h1-24H. The Hall–Kier alpha value is -6.10. The van der Waals surface area contributed by atoms with Crippen LogP contribution in [-0.2, 0) is 0 Å². The van der Waals surface area contributed by atoms with Crippen LogP contribution in [0.5, 0.6) is 0 Å². The molecule has 4 heteroatoms. The van der Waals surface area contributed by atoms with Crippen LogP contribution >= 0.6 is 11.3 Å². The molecule has 0 saturated carbocycles. The predicted octanol–water partition coefficient (Wildman–Crippen LogP) is 12.7. The zero-order valence-electron chi connectivity index (χ0n) is 25.6. The summed E-state index contributed by atoms with van der Waals surface area (Å²) in [6.45, 7) is 0. The van der Waals surface area contributed by atoms with E-state index < -0.39 is 0 Å². The largest absolute Gasteiger partial charge is 0.436 e. The van der Waals surface area contributed by atoms with Crippen molar-refractivity contribution < 1.29 is 4.42 Å². The van der Waals surface area contributed by atoms with Gasteiger partial charge in [0.1, 0.15) is 16.6 Å². The van der Waals surface area contributed by atoms with E-state index in [1.54, 1.807) is 0 Å². The lowest BCUT2D eigenvalue weighted by atomic mass is 9.94. The van der Waals surface area contributed by atoms with Crippen LogP contribution in [-0.4, -0.2) is 9.97 Å². The van der Waals surface area contributed by atoms with Gasteiger partial charge in [-0.1, -0.05) is 115 Å². The van der Waals surface area contributed by atoms with Crippen molar-refractivity contribution in [1.29, 1.82) is 0 Å². The summed E-state index contributed by atoms with van der Waals surface area (Å²) in [5, 5.41) is 10.7. The van der Waals surface area contributed by atoms with Crippen molar-refractivity contribution in [3.8, 4) is 22.3 Å². The van der Waals surface area contributed by atoms with Crippen LogP contribution in [0, 0.1) is 0 Å². The molecule has 0 aliphatic heterocycles. The third-order valence-electron chi connectivity index (χ3n) is 9.84. The molecule has 0 aliphatic rings. The smallest absolute Gasteiger partial charge is 0.246 e. The van der Waals surface area contributed by atoms with Gasteiger partial charge >= 0.3 is 0 Å². The summed E-state index contributed by atoms with van der Waals surface area (Å²) in [6, 6.07) is 52.1. The van der Waals surface area contributed by atoms with E-state index in [1.165, 1.54) is 52.8 Å². The predicted molar refractivity (Wildman–Crippen MR) is 203 cm³/mol. The number of nitrogens with zero attached hydrogens (tertiary/aromatic N) is 2. The molecule has 0 bridgehead atoms.